The maximum atomic E-state index is 13.3. The zero-order valence-corrected chi connectivity index (χ0v) is 9.95. The van der Waals surface area contributed by atoms with Crippen molar-refractivity contribution in [2.45, 2.75) is 19.3 Å². The van der Waals surface area contributed by atoms with E-state index in [1.165, 1.54) is 31.4 Å². The molecule has 1 heterocycles. The van der Waals surface area contributed by atoms with Gasteiger partial charge in [-0.3, -0.25) is 4.79 Å². The third kappa shape index (κ3) is 1.30. The summed E-state index contributed by atoms with van der Waals surface area (Å²) >= 11 is 0. The molecular weight excluding hydrogens is 229 g/mol. The fraction of sp³-hybridized carbons (Fsp3) is 0.400. The first-order chi connectivity index (χ1) is 8.75. The summed E-state index contributed by atoms with van der Waals surface area (Å²) in [6, 6.07) is 4.56. The summed E-state index contributed by atoms with van der Waals surface area (Å²) in [5.41, 5.74) is 1.51. The second kappa shape index (κ2) is 3.44. The Morgan fingerprint density at radius 3 is 2.83 bits per heavy atom. The Labute approximate surface area is 104 Å². The van der Waals surface area contributed by atoms with Crippen LogP contribution in [0.15, 0.2) is 24.4 Å². The highest BCUT2D eigenvalue weighted by Gasteiger charge is 2.56. The van der Waals surface area contributed by atoms with Gasteiger partial charge in [-0.15, -0.1) is 0 Å². The topological polar surface area (TPSA) is 32.9 Å². The molecule has 4 rings (SSSR count). The van der Waals surface area contributed by atoms with E-state index in [-0.39, 0.29) is 17.5 Å². The maximum Gasteiger partial charge on any atom is 0.168 e. The largest absolute Gasteiger partial charge is 0.360 e. The minimum absolute atomic E-state index is 0.209. The number of Topliss-reactive ketones (excluding diaryl/α,β-unsaturated/α-hetero) is 1. The molecular formula is C15H14FNO. The number of carbonyl (C=O) groups excluding carboxylic acids is 1. The van der Waals surface area contributed by atoms with Crippen molar-refractivity contribution in [2.75, 3.05) is 0 Å². The van der Waals surface area contributed by atoms with Crippen LogP contribution in [0.5, 0.6) is 0 Å². The van der Waals surface area contributed by atoms with Crippen LogP contribution in [0.2, 0.25) is 0 Å². The molecule has 2 nitrogen and oxygen atoms in total. The molecule has 2 aliphatic rings. The fourth-order valence-electron chi connectivity index (χ4n) is 3.69. The first-order valence-electron chi connectivity index (χ1n) is 6.56. The van der Waals surface area contributed by atoms with Crippen LogP contribution in [0.4, 0.5) is 4.39 Å². The van der Waals surface area contributed by atoms with Crippen molar-refractivity contribution in [3.05, 3.63) is 35.8 Å². The summed E-state index contributed by atoms with van der Waals surface area (Å²) in [6.07, 6.45) is 5.39. The average Bonchev–Trinajstić information content (AvgIpc) is 2.77. The van der Waals surface area contributed by atoms with E-state index in [9.17, 15) is 9.18 Å². The molecule has 18 heavy (non-hydrogen) atoms. The van der Waals surface area contributed by atoms with Crippen molar-refractivity contribution in [2.24, 2.45) is 17.8 Å². The molecule has 1 aromatic carbocycles. The predicted molar refractivity (Wildman–Crippen MR) is 66.9 cm³/mol. The molecule has 2 unspecified atom stereocenters. The molecule has 0 aliphatic heterocycles. The van der Waals surface area contributed by atoms with E-state index in [0.29, 0.717) is 17.4 Å². The molecule has 0 bridgehead atoms. The van der Waals surface area contributed by atoms with Gasteiger partial charge in [0.25, 0.3) is 0 Å². The lowest BCUT2D eigenvalue weighted by Crippen LogP contribution is -2.05. The van der Waals surface area contributed by atoms with Crippen LogP contribution in [0, 0.1) is 23.6 Å². The Hall–Kier alpha value is -1.64. The first kappa shape index (κ1) is 10.3. The molecule has 0 spiro atoms. The Morgan fingerprint density at radius 1 is 1.28 bits per heavy atom. The minimum Gasteiger partial charge on any atom is -0.360 e. The van der Waals surface area contributed by atoms with Crippen molar-refractivity contribution < 1.29 is 9.18 Å². The van der Waals surface area contributed by atoms with Crippen molar-refractivity contribution in [1.82, 2.24) is 4.98 Å². The van der Waals surface area contributed by atoms with Crippen LogP contribution in [-0.2, 0) is 0 Å². The molecule has 3 heteroatoms. The highest BCUT2D eigenvalue weighted by atomic mass is 19.1. The van der Waals surface area contributed by atoms with Crippen molar-refractivity contribution in [3.63, 3.8) is 0 Å². The van der Waals surface area contributed by atoms with Gasteiger partial charge in [0, 0.05) is 28.6 Å². The van der Waals surface area contributed by atoms with Gasteiger partial charge in [-0.25, -0.2) is 4.39 Å². The van der Waals surface area contributed by atoms with Gasteiger partial charge in [-0.1, -0.05) is 6.42 Å². The lowest BCUT2D eigenvalue weighted by atomic mass is 10.0. The van der Waals surface area contributed by atoms with E-state index in [1.807, 2.05) is 0 Å². The van der Waals surface area contributed by atoms with Gasteiger partial charge in [0.15, 0.2) is 5.78 Å². The van der Waals surface area contributed by atoms with Crippen LogP contribution in [-0.4, -0.2) is 10.8 Å². The quantitative estimate of drug-likeness (QED) is 0.804. The molecule has 1 aromatic heterocycles. The second-order valence-corrected chi connectivity index (χ2v) is 5.54. The number of halogens is 1. The van der Waals surface area contributed by atoms with Gasteiger partial charge in [-0.05, 0) is 42.9 Å². The fourth-order valence-corrected chi connectivity index (χ4v) is 3.69. The number of hydrogen-bond donors (Lipinski definition) is 1. The summed E-state index contributed by atoms with van der Waals surface area (Å²) in [5.74, 6) is 1.35. The number of aromatic nitrogens is 1. The number of fused-ring (bicyclic) bond motifs is 2. The van der Waals surface area contributed by atoms with Gasteiger partial charge >= 0.3 is 0 Å². The third-order valence-corrected chi connectivity index (χ3v) is 4.62. The van der Waals surface area contributed by atoms with E-state index in [0.717, 1.165) is 10.9 Å². The highest BCUT2D eigenvalue weighted by molar-refractivity contribution is 6.10. The number of rotatable bonds is 2. The number of aromatic amines is 1. The Morgan fingerprint density at radius 2 is 2.06 bits per heavy atom. The summed E-state index contributed by atoms with van der Waals surface area (Å²) in [7, 11) is 0. The average molecular weight is 243 g/mol. The lowest BCUT2D eigenvalue weighted by molar-refractivity contribution is 0.0953. The number of nitrogens with one attached hydrogen (secondary N) is 1. The van der Waals surface area contributed by atoms with Crippen molar-refractivity contribution >= 4 is 16.7 Å². The summed E-state index contributed by atoms with van der Waals surface area (Å²) in [4.78, 5) is 15.5. The van der Waals surface area contributed by atoms with Crippen LogP contribution in [0.25, 0.3) is 10.9 Å². The molecule has 92 valence electrons. The minimum atomic E-state index is -0.285. The molecule has 2 atom stereocenters. The maximum absolute atomic E-state index is 13.3. The molecule has 0 amide bonds. The van der Waals surface area contributed by atoms with E-state index < -0.39 is 0 Å². The van der Waals surface area contributed by atoms with Crippen molar-refractivity contribution in [1.29, 1.82) is 0 Å². The molecule has 0 saturated heterocycles. The summed E-state index contributed by atoms with van der Waals surface area (Å²) in [6.45, 7) is 0. The van der Waals surface area contributed by atoms with E-state index in [1.54, 1.807) is 12.3 Å². The van der Waals surface area contributed by atoms with Crippen LogP contribution >= 0.6 is 0 Å². The van der Waals surface area contributed by atoms with Gasteiger partial charge in [0.1, 0.15) is 5.82 Å². The molecule has 2 aliphatic carbocycles. The molecule has 2 aromatic rings. The van der Waals surface area contributed by atoms with E-state index in [2.05, 4.69) is 4.98 Å². The summed E-state index contributed by atoms with van der Waals surface area (Å²) < 4.78 is 13.3. The molecule has 0 radical (unpaired) electrons. The normalized spacial score (nSPS) is 29.5. The SMILES string of the molecule is O=C(c1c[nH]c2ccc(F)cc12)C1C2CCCC21. The van der Waals surface area contributed by atoms with Gasteiger partial charge in [0.05, 0.1) is 0 Å². The lowest BCUT2D eigenvalue weighted by Gasteiger charge is -2.01. The Balaban J connectivity index is 1.74. The van der Waals surface area contributed by atoms with E-state index >= 15 is 0 Å². The Bertz CT molecular complexity index is 635. The summed E-state index contributed by atoms with van der Waals surface area (Å²) in [5, 5.41) is 0.727. The molecule has 2 fully saturated rings. The van der Waals surface area contributed by atoms with Crippen LogP contribution in [0.3, 0.4) is 0 Å². The van der Waals surface area contributed by atoms with E-state index in [4.69, 9.17) is 0 Å². The first-order valence-corrected chi connectivity index (χ1v) is 6.56. The number of hydrogen-bond acceptors (Lipinski definition) is 1. The second-order valence-electron chi connectivity index (χ2n) is 5.54. The Kier molecular flexibility index (Phi) is 1.97. The van der Waals surface area contributed by atoms with Crippen LogP contribution < -0.4 is 0 Å². The van der Waals surface area contributed by atoms with Gasteiger partial charge < -0.3 is 4.98 Å². The third-order valence-electron chi connectivity index (χ3n) is 4.62. The highest BCUT2D eigenvalue weighted by Crippen LogP contribution is 2.58. The van der Waals surface area contributed by atoms with Crippen LogP contribution in [0.1, 0.15) is 29.6 Å². The zero-order valence-electron chi connectivity index (χ0n) is 9.95. The number of H-pyrrole nitrogens is 1. The number of ketones is 1. The molecule has 1 N–H and O–H groups in total. The van der Waals surface area contributed by atoms with Gasteiger partial charge in [-0.2, -0.15) is 0 Å². The molecule has 2 saturated carbocycles. The monoisotopic (exact) mass is 243 g/mol. The zero-order chi connectivity index (χ0) is 12.3. The standard InChI is InChI=1S/C15H14FNO/c16-8-4-5-13-11(6-8)12(7-17-13)15(18)14-9-2-1-3-10(9)14/h4-7,9-10,14,17H,1-3H2. The number of carbonyl (C=O) groups is 1. The predicted octanol–water partition coefficient (Wildman–Crippen LogP) is 3.54. The smallest absolute Gasteiger partial charge is 0.168 e. The van der Waals surface area contributed by atoms with Crippen molar-refractivity contribution in [3.8, 4) is 0 Å². The van der Waals surface area contributed by atoms with Gasteiger partial charge in [0.2, 0.25) is 0 Å². The number of benzene rings is 1.